The Morgan fingerprint density at radius 1 is 1.58 bits per heavy atom. The number of alkyl halides is 1. The number of nitrogens with two attached hydrogens (primary N) is 1. The van der Waals surface area contributed by atoms with Crippen molar-refractivity contribution in [3.63, 3.8) is 0 Å². The molecular formula is C9H19FN2. The topological polar surface area (TPSA) is 29.3 Å². The molecule has 0 aromatic heterocycles. The number of hydrogen-bond donors (Lipinski definition) is 1. The number of hydrogen-bond acceptors (Lipinski definition) is 2. The highest BCUT2D eigenvalue weighted by Gasteiger charge is 2.27. The van der Waals surface area contributed by atoms with Gasteiger partial charge in [0.1, 0.15) is 6.17 Å². The molecule has 3 heteroatoms. The molecule has 0 radical (unpaired) electrons. The predicted molar refractivity (Wildman–Crippen MR) is 48.8 cm³/mol. The van der Waals surface area contributed by atoms with Crippen LogP contribution < -0.4 is 5.73 Å². The SMILES string of the molecule is CC(CN)C(C)N1CCC(F)C1. The zero-order valence-corrected chi connectivity index (χ0v) is 7.96. The summed E-state index contributed by atoms with van der Waals surface area (Å²) in [5, 5.41) is 0. The summed E-state index contributed by atoms with van der Waals surface area (Å²) in [6, 6.07) is 0.427. The van der Waals surface area contributed by atoms with Gasteiger partial charge in [0.05, 0.1) is 0 Å². The summed E-state index contributed by atoms with van der Waals surface area (Å²) in [6.07, 6.45) is 0.0826. The average Bonchev–Trinajstić information content (AvgIpc) is 2.49. The van der Waals surface area contributed by atoms with Crippen LogP contribution in [-0.4, -0.2) is 36.7 Å². The van der Waals surface area contributed by atoms with Crippen molar-refractivity contribution < 1.29 is 4.39 Å². The molecule has 3 unspecified atom stereocenters. The zero-order chi connectivity index (χ0) is 9.14. The Hall–Kier alpha value is -0.150. The lowest BCUT2D eigenvalue weighted by Crippen LogP contribution is -2.38. The molecule has 1 fully saturated rings. The number of likely N-dealkylation sites (tertiary alicyclic amines) is 1. The fraction of sp³-hybridized carbons (Fsp3) is 1.00. The van der Waals surface area contributed by atoms with Crippen molar-refractivity contribution in [3.05, 3.63) is 0 Å². The molecule has 1 rings (SSSR count). The highest BCUT2D eigenvalue weighted by atomic mass is 19.1. The summed E-state index contributed by atoms with van der Waals surface area (Å²) in [4.78, 5) is 2.20. The summed E-state index contributed by atoms with van der Waals surface area (Å²) in [6.45, 7) is 6.44. The van der Waals surface area contributed by atoms with Gasteiger partial charge in [0.15, 0.2) is 0 Å². The van der Waals surface area contributed by atoms with Crippen LogP contribution in [0.4, 0.5) is 4.39 Å². The van der Waals surface area contributed by atoms with Gasteiger partial charge in [-0.1, -0.05) is 6.92 Å². The minimum atomic E-state index is -0.613. The molecule has 0 aromatic carbocycles. The van der Waals surface area contributed by atoms with E-state index in [1.165, 1.54) is 0 Å². The van der Waals surface area contributed by atoms with Crippen LogP contribution in [0.15, 0.2) is 0 Å². The molecule has 0 amide bonds. The molecule has 0 aromatic rings. The average molecular weight is 174 g/mol. The highest BCUT2D eigenvalue weighted by Crippen LogP contribution is 2.18. The Bertz CT molecular complexity index is 140. The zero-order valence-electron chi connectivity index (χ0n) is 7.96. The van der Waals surface area contributed by atoms with Gasteiger partial charge in [-0.2, -0.15) is 0 Å². The second-order valence-electron chi connectivity index (χ2n) is 3.83. The van der Waals surface area contributed by atoms with Crippen LogP contribution in [0.2, 0.25) is 0 Å². The molecule has 1 aliphatic heterocycles. The first-order valence-electron chi connectivity index (χ1n) is 4.73. The lowest BCUT2D eigenvalue weighted by atomic mass is 10.0. The molecule has 72 valence electrons. The second-order valence-corrected chi connectivity index (χ2v) is 3.83. The lowest BCUT2D eigenvalue weighted by molar-refractivity contribution is 0.187. The molecule has 12 heavy (non-hydrogen) atoms. The quantitative estimate of drug-likeness (QED) is 0.692. The summed E-state index contributed by atoms with van der Waals surface area (Å²) in [5.41, 5.74) is 5.55. The van der Waals surface area contributed by atoms with E-state index in [1.807, 2.05) is 0 Å². The first kappa shape index (κ1) is 9.93. The highest BCUT2D eigenvalue weighted by molar-refractivity contribution is 4.81. The molecule has 2 N–H and O–H groups in total. The third kappa shape index (κ3) is 2.17. The van der Waals surface area contributed by atoms with Crippen LogP contribution in [0, 0.1) is 5.92 Å². The van der Waals surface area contributed by atoms with Crippen molar-refractivity contribution in [1.29, 1.82) is 0 Å². The van der Waals surface area contributed by atoms with Gasteiger partial charge < -0.3 is 5.73 Å². The van der Waals surface area contributed by atoms with Gasteiger partial charge in [-0.3, -0.25) is 4.90 Å². The largest absolute Gasteiger partial charge is 0.330 e. The van der Waals surface area contributed by atoms with Crippen molar-refractivity contribution in [2.24, 2.45) is 11.7 Å². The molecule has 0 spiro atoms. The maximum absolute atomic E-state index is 12.8. The van der Waals surface area contributed by atoms with Crippen LogP contribution in [0.1, 0.15) is 20.3 Å². The molecule has 0 bridgehead atoms. The van der Waals surface area contributed by atoms with Gasteiger partial charge in [-0.05, 0) is 25.8 Å². The predicted octanol–water partition coefficient (Wildman–Crippen LogP) is 1.01. The summed E-state index contributed by atoms with van der Waals surface area (Å²) in [5.74, 6) is 0.468. The van der Waals surface area contributed by atoms with Crippen LogP contribution in [0.25, 0.3) is 0 Å². The van der Waals surface area contributed by atoms with E-state index in [4.69, 9.17) is 5.73 Å². The van der Waals surface area contributed by atoms with E-state index in [9.17, 15) is 4.39 Å². The fourth-order valence-electron chi connectivity index (χ4n) is 1.67. The standard InChI is InChI=1S/C9H19FN2/c1-7(5-11)8(2)12-4-3-9(10)6-12/h7-9H,3-6,11H2,1-2H3. The maximum Gasteiger partial charge on any atom is 0.114 e. The first-order valence-corrected chi connectivity index (χ1v) is 4.73. The van der Waals surface area contributed by atoms with Gasteiger partial charge >= 0.3 is 0 Å². The Morgan fingerprint density at radius 2 is 2.25 bits per heavy atom. The van der Waals surface area contributed by atoms with Crippen molar-refractivity contribution in [1.82, 2.24) is 4.90 Å². The summed E-state index contributed by atoms with van der Waals surface area (Å²) in [7, 11) is 0. The molecule has 1 saturated heterocycles. The van der Waals surface area contributed by atoms with E-state index in [0.29, 0.717) is 31.5 Å². The Balaban J connectivity index is 2.37. The van der Waals surface area contributed by atoms with Gasteiger partial charge in [0, 0.05) is 19.1 Å². The number of rotatable bonds is 3. The van der Waals surface area contributed by atoms with Crippen LogP contribution in [0.3, 0.4) is 0 Å². The number of halogens is 1. The van der Waals surface area contributed by atoms with Gasteiger partial charge in [-0.25, -0.2) is 4.39 Å². The summed E-state index contributed by atoms with van der Waals surface area (Å²) >= 11 is 0. The molecule has 1 aliphatic rings. The molecule has 2 nitrogen and oxygen atoms in total. The smallest absolute Gasteiger partial charge is 0.114 e. The first-order chi connectivity index (χ1) is 5.65. The minimum absolute atomic E-state index is 0.427. The molecule has 3 atom stereocenters. The molecule has 1 heterocycles. The normalized spacial score (nSPS) is 30.5. The Labute approximate surface area is 73.9 Å². The van der Waals surface area contributed by atoms with Gasteiger partial charge in [-0.15, -0.1) is 0 Å². The van der Waals surface area contributed by atoms with E-state index >= 15 is 0 Å². The summed E-state index contributed by atoms with van der Waals surface area (Å²) < 4.78 is 12.8. The maximum atomic E-state index is 12.8. The van der Waals surface area contributed by atoms with Crippen molar-refractivity contribution in [3.8, 4) is 0 Å². The van der Waals surface area contributed by atoms with Crippen LogP contribution in [0.5, 0.6) is 0 Å². The van der Waals surface area contributed by atoms with Gasteiger partial charge in [0.2, 0.25) is 0 Å². The van der Waals surface area contributed by atoms with E-state index in [1.54, 1.807) is 0 Å². The van der Waals surface area contributed by atoms with E-state index < -0.39 is 6.17 Å². The van der Waals surface area contributed by atoms with Crippen molar-refractivity contribution >= 4 is 0 Å². The number of nitrogens with zero attached hydrogens (tertiary/aromatic N) is 1. The van der Waals surface area contributed by atoms with Crippen LogP contribution in [-0.2, 0) is 0 Å². The molecular weight excluding hydrogens is 155 g/mol. The van der Waals surface area contributed by atoms with E-state index in [0.717, 1.165) is 6.54 Å². The van der Waals surface area contributed by atoms with Crippen LogP contribution >= 0.6 is 0 Å². The third-order valence-corrected chi connectivity index (χ3v) is 2.93. The third-order valence-electron chi connectivity index (χ3n) is 2.93. The van der Waals surface area contributed by atoms with Gasteiger partial charge in [0.25, 0.3) is 0 Å². The molecule has 0 aliphatic carbocycles. The minimum Gasteiger partial charge on any atom is -0.330 e. The fourth-order valence-corrected chi connectivity index (χ4v) is 1.67. The molecule has 0 saturated carbocycles. The van der Waals surface area contributed by atoms with E-state index in [2.05, 4.69) is 18.7 Å². The monoisotopic (exact) mass is 174 g/mol. The van der Waals surface area contributed by atoms with Crippen molar-refractivity contribution in [2.75, 3.05) is 19.6 Å². The van der Waals surface area contributed by atoms with E-state index in [-0.39, 0.29) is 0 Å². The lowest BCUT2D eigenvalue weighted by Gasteiger charge is -2.28. The van der Waals surface area contributed by atoms with Crippen molar-refractivity contribution in [2.45, 2.75) is 32.5 Å². The Morgan fingerprint density at radius 3 is 2.67 bits per heavy atom. The second kappa shape index (κ2) is 4.19. The Kier molecular flexibility index (Phi) is 3.47.